The number of carbonyl (C=O) groups is 1. The fourth-order valence-electron chi connectivity index (χ4n) is 5.48. The van der Waals surface area contributed by atoms with Crippen molar-refractivity contribution < 1.29 is 4.79 Å². The van der Waals surface area contributed by atoms with Gasteiger partial charge in [-0.25, -0.2) is 4.98 Å². The number of rotatable bonds is 6. The molecule has 1 atom stereocenters. The Morgan fingerprint density at radius 2 is 2.03 bits per heavy atom. The van der Waals surface area contributed by atoms with E-state index in [1.165, 1.54) is 36.9 Å². The Morgan fingerprint density at radius 1 is 1.12 bits per heavy atom. The second-order valence-corrected chi connectivity index (χ2v) is 10.3. The molecule has 4 N–H and O–H groups in total. The van der Waals surface area contributed by atoms with Gasteiger partial charge in [-0.15, -0.1) is 4.41 Å². The number of carbonyl (C=O) groups excluding carboxylic acids is 1. The summed E-state index contributed by atoms with van der Waals surface area (Å²) in [5.74, 6) is 3.71. The lowest BCUT2D eigenvalue weighted by Gasteiger charge is -2.26. The van der Waals surface area contributed by atoms with Crippen molar-refractivity contribution in [3.05, 3.63) is 23.0 Å². The number of nitrogens with zero attached hydrogens (tertiary/aromatic N) is 5. The maximum absolute atomic E-state index is 13.0. The zero-order valence-electron chi connectivity index (χ0n) is 18.8. The molecular formula is C22H31N9OS. The van der Waals surface area contributed by atoms with Crippen molar-refractivity contribution in [1.82, 2.24) is 35.3 Å². The monoisotopic (exact) mass is 469 g/mol. The van der Waals surface area contributed by atoms with E-state index in [-0.39, 0.29) is 11.9 Å². The van der Waals surface area contributed by atoms with E-state index >= 15 is 0 Å². The number of hydrogen-bond donors (Lipinski definition) is 4. The fraction of sp³-hybridized carbons (Fsp3) is 0.636. The molecule has 0 bridgehead atoms. The van der Waals surface area contributed by atoms with Gasteiger partial charge in [-0.05, 0) is 56.9 Å². The third kappa shape index (κ3) is 4.29. The van der Waals surface area contributed by atoms with E-state index in [4.69, 9.17) is 9.97 Å². The Morgan fingerprint density at radius 3 is 2.88 bits per heavy atom. The minimum absolute atomic E-state index is 0.0100. The van der Waals surface area contributed by atoms with E-state index in [1.54, 1.807) is 11.9 Å². The highest BCUT2D eigenvalue weighted by atomic mass is 32.2. The largest absolute Gasteiger partial charge is 0.329 e. The van der Waals surface area contributed by atoms with Crippen LogP contribution in [0, 0.1) is 0 Å². The molecule has 11 heteroatoms. The van der Waals surface area contributed by atoms with Gasteiger partial charge in [0.1, 0.15) is 11.9 Å². The molecular weight excluding hydrogens is 438 g/mol. The molecule has 1 saturated carbocycles. The summed E-state index contributed by atoms with van der Waals surface area (Å²) in [6.45, 7) is 1.44. The van der Waals surface area contributed by atoms with Gasteiger partial charge < -0.3 is 10.2 Å². The van der Waals surface area contributed by atoms with Gasteiger partial charge in [-0.1, -0.05) is 12.8 Å². The molecule has 176 valence electrons. The number of hydrazine groups is 1. The first kappa shape index (κ1) is 21.2. The summed E-state index contributed by atoms with van der Waals surface area (Å²) in [4.78, 5) is 24.9. The normalized spacial score (nSPS) is 23.4. The predicted molar refractivity (Wildman–Crippen MR) is 128 cm³/mol. The number of aromatic nitrogens is 4. The van der Waals surface area contributed by atoms with Crippen molar-refractivity contribution in [2.75, 3.05) is 29.3 Å². The molecule has 1 amide bonds. The highest BCUT2D eigenvalue weighted by Crippen LogP contribution is 2.35. The quantitative estimate of drug-likeness (QED) is 0.474. The second-order valence-electron chi connectivity index (χ2n) is 9.35. The molecule has 10 nitrogen and oxygen atoms in total. The van der Waals surface area contributed by atoms with Gasteiger partial charge in [-0.2, -0.15) is 10.1 Å². The number of nitrogens with one attached hydrogen (secondary N) is 4. The molecule has 4 aliphatic rings. The summed E-state index contributed by atoms with van der Waals surface area (Å²) < 4.78 is 1.86. The van der Waals surface area contributed by atoms with Crippen molar-refractivity contribution in [3.8, 4) is 0 Å². The van der Waals surface area contributed by atoms with E-state index in [0.29, 0.717) is 18.5 Å². The van der Waals surface area contributed by atoms with Crippen LogP contribution >= 0.6 is 11.9 Å². The molecule has 33 heavy (non-hydrogen) atoms. The zero-order chi connectivity index (χ0) is 22.2. The van der Waals surface area contributed by atoms with Crippen molar-refractivity contribution in [2.45, 2.75) is 69.7 Å². The van der Waals surface area contributed by atoms with Gasteiger partial charge in [0.2, 0.25) is 5.95 Å². The van der Waals surface area contributed by atoms with E-state index < -0.39 is 0 Å². The molecule has 2 aliphatic carbocycles. The second kappa shape index (κ2) is 9.11. The standard InChI is InChI=1S/C22H31N9OS/c32-21(29-31-12-23-13-33-31)18-9-4-10-30(18)22-24-16-8-3-7-15(16)20(26-22)25-19-11-17(27-28-19)14-5-1-2-6-14/h11,14,18,23H,1-10,12-13H2,(H,29,32)(H2,24,25,26,27,28)/t18-/m1/s1. The number of aryl methyl sites for hydroxylation is 1. The number of hydrogen-bond acceptors (Lipinski definition) is 9. The first-order valence-corrected chi connectivity index (χ1v) is 13.1. The van der Waals surface area contributed by atoms with Crippen LogP contribution < -0.4 is 21.0 Å². The number of H-pyrrole nitrogens is 1. The number of amides is 1. The Bertz CT molecular complexity index is 1020. The van der Waals surface area contributed by atoms with Crippen LogP contribution in [0.25, 0.3) is 0 Å². The lowest BCUT2D eigenvalue weighted by Crippen LogP contribution is -2.48. The first-order chi connectivity index (χ1) is 16.2. The summed E-state index contributed by atoms with van der Waals surface area (Å²) in [5, 5.41) is 14.4. The van der Waals surface area contributed by atoms with Gasteiger partial charge in [0.15, 0.2) is 5.82 Å². The van der Waals surface area contributed by atoms with Crippen LogP contribution in [-0.2, 0) is 17.6 Å². The average Bonchev–Trinajstić information content (AvgIpc) is 3.64. The summed E-state index contributed by atoms with van der Waals surface area (Å²) in [7, 11) is 0. The van der Waals surface area contributed by atoms with Gasteiger partial charge >= 0.3 is 0 Å². The maximum Gasteiger partial charge on any atom is 0.257 e. The fourth-order valence-corrected chi connectivity index (χ4v) is 6.16. The van der Waals surface area contributed by atoms with Crippen LogP contribution in [-0.4, -0.2) is 55.6 Å². The minimum Gasteiger partial charge on any atom is -0.329 e. The smallest absolute Gasteiger partial charge is 0.257 e. The van der Waals surface area contributed by atoms with Crippen LogP contribution in [0.5, 0.6) is 0 Å². The third-order valence-electron chi connectivity index (χ3n) is 7.19. The summed E-state index contributed by atoms with van der Waals surface area (Å²) >= 11 is 1.58. The Labute approximate surface area is 197 Å². The lowest BCUT2D eigenvalue weighted by atomic mass is 10.0. The molecule has 0 aromatic carbocycles. The van der Waals surface area contributed by atoms with Gasteiger partial charge in [-0.3, -0.25) is 20.6 Å². The SMILES string of the molecule is O=C(NN1CNCS1)[C@H]1CCCN1c1nc2c(c(Nc3cc(C4CCCC4)[nH]n3)n1)CCC2. The van der Waals surface area contributed by atoms with Crippen molar-refractivity contribution in [3.63, 3.8) is 0 Å². The molecule has 0 spiro atoms. The van der Waals surface area contributed by atoms with Gasteiger partial charge in [0.25, 0.3) is 5.91 Å². The Hall–Kier alpha value is -2.37. The summed E-state index contributed by atoms with van der Waals surface area (Å²) in [6, 6.07) is 1.88. The highest BCUT2D eigenvalue weighted by molar-refractivity contribution is 7.97. The zero-order valence-corrected chi connectivity index (χ0v) is 19.6. The Balaban J connectivity index is 1.23. The molecule has 2 aromatic rings. The van der Waals surface area contributed by atoms with Crippen LogP contribution in [0.15, 0.2) is 6.07 Å². The van der Waals surface area contributed by atoms with E-state index in [1.807, 2.05) is 4.41 Å². The first-order valence-electron chi connectivity index (χ1n) is 12.1. The van der Waals surface area contributed by atoms with Crippen molar-refractivity contribution >= 4 is 35.4 Å². The van der Waals surface area contributed by atoms with E-state index in [9.17, 15) is 4.79 Å². The molecule has 4 heterocycles. The molecule has 2 aliphatic heterocycles. The van der Waals surface area contributed by atoms with E-state index in [0.717, 1.165) is 61.9 Å². The number of fused-ring (bicyclic) bond motifs is 1. The minimum atomic E-state index is -0.252. The third-order valence-corrected chi connectivity index (χ3v) is 8.05. The van der Waals surface area contributed by atoms with Crippen molar-refractivity contribution in [1.29, 1.82) is 0 Å². The molecule has 2 aromatic heterocycles. The van der Waals surface area contributed by atoms with Crippen LogP contribution in [0.1, 0.15) is 67.8 Å². The summed E-state index contributed by atoms with van der Waals surface area (Å²) in [6.07, 6.45) is 9.84. The van der Waals surface area contributed by atoms with Crippen LogP contribution in [0.2, 0.25) is 0 Å². The number of aromatic amines is 1. The molecule has 6 rings (SSSR count). The van der Waals surface area contributed by atoms with Crippen molar-refractivity contribution in [2.24, 2.45) is 0 Å². The van der Waals surface area contributed by atoms with Gasteiger partial charge in [0.05, 0.1) is 18.2 Å². The molecule has 0 unspecified atom stereocenters. The van der Waals surface area contributed by atoms with Gasteiger partial charge in [0, 0.05) is 29.8 Å². The topological polar surface area (TPSA) is 114 Å². The highest BCUT2D eigenvalue weighted by Gasteiger charge is 2.35. The molecule has 0 radical (unpaired) electrons. The maximum atomic E-state index is 13.0. The lowest BCUT2D eigenvalue weighted by molar-refractivity contribution is -0.125. The Kier molecular flexibility index (Phi) is 5.85. The molecule has 3 fully saturated rings. The van der Waals surface area contributed by atoms with Crippen LogP contribution in [0.3, 0.4) is 0 Å². The van der Waals surface area contributed by atoms with Crippen LogP contribution in [0.4, 0.5) is 17.6 Å². The van der Waals surface area contributed by atoms with E-state index in [2.05, 4.69) is 37.2 Å². The number of anilines is 3. The average molecular weight is 470 g/mol. The summed E-state index contributed by atoms with van der Waals surface area (Å²) in [5.41, 5.74) is 6.52. The molecule has 2 saturated heterocycles. The predicted octanol–water partition coefficient (Wildman–Crippen LogP) is 2.56.